The summed E-state index contributed by atoms with van der Waals surface area (Å²) in [5, 5.41) is 13.8. The summed E-state index contributed by atoms with van der Waals surface area (Å²) in [5.74, 6) is 0.503. The summed E-state index contributed by atoms with van der Waals surface area (Å²) in [6.07, 6.45) is 2.13. The molecular weight excluding hydrogens is 430 g/mol. The zero-order chi connectivity index (χ0) is 23.4. The molecule has 3 heterocycles. The SMILES string of the molecule is Cc1cc(=O)oc2c(Cc3c(N4CCCC4)oc4ccc5ccccc5c4c3=O)c(O)ccc12. The predicted molar refractivity (Wildman–Crippen MR) is 133 cm³/mol. The lowest BCUT2D eigenvalue weighted by Crippen LogP contribution is -2.24. The molecule has 1 aliphatic heterocycles. The standard InChI is InChI=1S/C28H23NO5/c1-16-14-24(31)34-27-18(16)9-10-22(30)20(27)15-21-26(32)25-19-7-3-2-6-17(19)8-11-23(25)33-28(21)29-12-4-5-13-29/h2-3,6-11,14,30H,4-5,12-13,15H2,1H3. The minimum atomic E-state index is -0.492. The van der Waals surface area contributed by atoms with Gasteiger partial charge in [-0.25, -0.2) is 4.79 Å². The summed E-state index contributed by atoms with van der Waals surface area (Å²) in [7, 11) is 0. The van der Waals surface area contributed by atoms with Crippen molar-refractivity contribution in [3.05, 3.63) is 91.9 Å². The first-order valence-corrected chi connectivity index (χ1v) is 11.5. The largest absolute Gasteiger partial charge is 0.508 e. The molecule has 0 bridgehead atoms. The fraction of sp³-hybridized carbons (Fsp3) is 0.214. The quantitative estimate of drug-likeness (QED) is 0.296. The van der Waals surface area contributed by atoms with Crippen molar-refractivity contribution in [1.82, 2.24) is 0 Å². The van der Waals surface area contributed by atoms with Crippen molar-refractivity contribution in [2.75, 3.05) is 18.0 Å². The van der Waals surface area contributed by atoms with E-state index in [1.54, 1.807) is 12.1 Å². The maximum absolute atomic E-state index is 14.0. The van der Waals surface area contributed by atoms with Gasteiger partial charge >= 0.3 is 5.63 Å². The van der Waals surface area contributed by atoms with E-state index in [9.17, 15) is 14.7 Å². The molecule has 6 heteroatoms. The van der Waals surface area contributed by atoms with Gasteiger partial charge < -0.3 is 18.8 Å². The van der Waals surface area contributed by atoms with Crippen LogP contribution in [0.1, 0.15) is 29.5 Å². The van der Waals surface area contributed by atoms with Gasteiger partial charge in [-0.1, -0.05) is 30.3 Å². The summed E-state index contributed by atoms with van der Waals surface area (Å²) in [5.41, 5.74) is 1.83. The van der Waals surface area contributed by atoms with Crippen molar-refractivity contribution in [1.29, 1.82) is 0 Å². The molecule has 34 heavy (non-hydrogen) atoms. The van der Waals surface area contributed by atoms with Gasteiger partial charge in [-0.05, 0) is 54.3 Å². The normalized spacial score (nSPS) is 14.0. The van der Waals surface area contributed by atoms with Crippen LogP contribution in [0, 0.1) is 6.92 Å². The van der Waals surface area contributed by atoms with Gasteiger partial charge in [-0.3, -0.25) is 4.79 Å². The van der Waals surface area contributed by atoms with E-state index in [2.05, 4.69) is 4.90 Å². The van der Waals surface area contributed by atoms with Crippen LogP contribution < -0.4 is 16.0 Å². The minimum Gasteiger partial charge on any atom is -0.508 e. The number of phenolic OH excluding ortho intramolecular Hbond substituents is 1. The number of nitrogens with zero attached hydrogens (tertiary/aromatic N) is 1. The monoisotopic (exact) mass is 453 g/mol. The number of hydrogen-bond acceptors (Lipinski definition) is 6. The van der Waals surface area contributed by atoms with Crippen molar-refractivity contribution in [3.63, 3.8) is 0 Å². The van der Waals surface area contributed by atoms with Crippen LogP contribution >= 0.6 is 0 Å². The highest BCUT2D eigenvalue weighted by atomic mass is 16.4. The first-order valence-electron chi connectivity index (χ1n) is 11.5. The topological polar surface area (TPSA) is 83.9 Å². The smallest absolute Gasteiger partial charge is 0.336 e. The van der Waals surface area contributed by atoms with Gasteiger partial charge in [0, 0.05) is 36.5 Å². The van der Waals surface area contributed by atoms with Crippen LogP contribution in [0.2, 0.25) is 0 Å². The molecule has 6 rings (SSSR count). The molecule has 0 atom stereocenters. The molecular formula is C28H23NO5. The van der Waals surface area contributed by atoms with Crippen molar-refractivity contribution in [2.45, 2.75) is 26.2 Å². The third-order valence-corrected chi connectivity index (χ3v) is 6.80. The Kier molecular flexibility index (Phi) is 4.69. The number of rotatable bonds is 3. The van der Waals surface area contributed by atoms with Crippen LogP contribution in [0.25, 0.3) is 32.7 Å². The molecule has 6 nitrogen and oxygen atoms in total. The van der Waals surface area contributed by atoms with E-state index in [-0.39, 0.29) is 17.6 Å². The van der Waals surface area contributed by atoms with E-state index in [1.165, 1.54) is 6.07 Å². The Morgan fingerprint density at radius 3 is 2.53 bits per heavy atom. The molecule has 1 saturated heterocycles. The van der Waals surface area contributed by atoms with Gasteiger partial charge in [0.2, 0.25) is 5.88 Å². The molecule has 1 fully saturated rings. The van der Waals surface area contributed by atoms with Crippen LogP contribution in [-0.2, 0) is 6.42 Å². The van der Waals surface area contributed by atoms with Crippen molar-refractivity contribution in [3.8, 4) is 5.75 Å². The zero-order valence-electron chi connectivity index (χ0n) is 18.8. The Balaban J connectivity index is 1.67. The van der Waals surface area contributed by atoms with Gasteiger partial charge in [-0.2, -0.15) is 0 Å². The van der Waals surface area contributed by atoms with Crippen molar-refractivity contribution in [2.24, 2.45) is 0 Å². The number of hydrogen-bond donors (Lipinski definition) is 1. The van der Waals surface area contributed by atoms with Crippen LogP contribution in [0.15, 0.2) is 73.0 Å². The zero-order valence-corrected chi connectivity index (χ0v) is 18.8. The Hall–Kier alpha value is -4.06. The predicted octanol–water partition coefficient (Wildman–Crippen LogP) is 5.26. The molecule has 0 saturated carbocycles. The molecule has 0 amide bonds. The van der Waals surface area contributed by atoms with Gasteiger partial charge in [0.25, 0.3) is 0 Å². The Morgan fingerprint density at radius 2 is 1.71 bits per heavy atom. The van der Waals surface area contributed by atoms with E-state index < -0.39 is 5.63 Å². The van der Waals surface area contributed by atoms with E-state index >= 15 is 0 Å². The summed E-state index contributed by atoms with van der Waals surface area (Å²) >= 11 is 0. The van der Waals surface area contributed by atoms with Crippen LogP contribution in [0.5, 0.6) is 5.75 Å². The number of benzene rings is 3. The Bertz CT molecular complexity index is 1710. The highest BCUT2D eigenvalue weighted by Gasteiger charge is 2.25. The molecule has 0 spiro atoms. The highest BCUT2D eigenvalue weighted by Crippen LogP contribution is 2.35. The molecule has 0 radical (unpaired) electrons. The number of anilines is 1. The second-order valence-electron chi connectivity index (χ2n) is 8.93. The second kappa shape index (κ2) is 7.76. The lowest BCUT2D eigenvalue weighted by molar-refractivity contribution is 0.466. The van der Waals surface area contributed by atoms with Gasteiger partial charge in [0.05, 0.1) is 10.9 Å². The Labute approximate surface area is 194 Å². The number of fused-ring (bicyclic) bond motifs is 4. The minimum absolute atomic E-state index is 0.0222. The lowest BCUT2D eigenvalue weighted by Gasteiger charge is -2.20. The molecule has 1 aliphatic rings. The molecule has 2 aromatic heterocycles. The van der Waals surface area contributed by atoms with E-state index in [4.69, 9.17) is 8.83 Å². The molecule has 5 aromatic rings. The van der Waals surface area contributed by atoms with Gasteiger partial charge in [0.15, 0.2) is 5.43 Å². The highest BCUT2D eigenvalue weighted by molar-refractivity contribution is 6.06. The molecule has 0 unspecified atom stereocenters. The molecule has 3 aromatic carbocycles. The van der Waals surface area contributed by atoms with Gasteiger partial charge in [0.1, 0.15) is 16.9 Å². The van der Waals surface area contributed by atoms with Crippen LogP contribution in [0.4, 0.5) is 5.88 Å². The van der Waals surface area contributed by atoms with Crippen LogP contribution in [0.3, 0.4) is 0 Å². The maximum Gasteiger partial charge on any atom is 0.336 e. The fourth-order valence-electron chi connectivity index (χ4n) is 5.09. The average molecular weight is 453 g/mol. The lowest BCUT2D eigenvalue weighted by atomic mass is 9.97. The summed E-state index contributed by atoms with van der Waals surface area (Å²) in [6, 6.07) is 16.3. The number of aryl methyl sites for hydroxylation is 1. The van der Waals surface area contributed by atoms with Crippen molar-refractivity contribution < 1.29 is 13.9 Å². The van der Waals surface area contributed by atoms with E-state index in [0.29, 0.717) is 33.6 Å². The van der Waals surface area contributed by atoms with Gasteiger partial charge in [-0.15, -0.1) is 0 Å². The van der Waals surface area contributed by atoms with Crippen molar-refractivity contribution >= 4 is 38.6 Å². The maximum atomic E-state index is 14.0. The summed E-state index contributed by atoms with van der Waals surface area (Å²) in [4.78, 5) is 28.3. The third-order valence-electron chi connectivity index (χ3n) is 6.80. The Morgan fingerprint density at radius 1 is 0.912 bits per heavy atom. The first kappa shape index (κ1) is 20.5. The molecule has 0 aliphatic carbocycles. The average Bonchev–Trinajstić information content (AvgIpc) is 3.36. The summed E-state index contributed by atoms with van der Waals surface area (Å²) in [6.45, 7) is 3.42. The molecule has 1 N–H and O–H groups in total. The third kappa shape index (κ3) is 3.17. The first-order chi connectivity index (χ1) is 16.5. The number of phenols is 1. The molecule has 170 valence electrons. The summed E-state index contributed by atoms with van der Waals surface area (Å²) < 4.78 is 11.9. The fourth-order valence-corrected chi connectivity index (χ4v) is 5.09. The van der Waals surface area contributed by atoms with E-state index in [1.807, 2.05) is 43.3 Å². The number of aromatic hydroxyl groups is 1. The second-order valence-corrected chi connectivity index (χ2v) is 8.93. The van der Waals surface area contributed by atoms with E-state index in [0.717, 1.165) is 47.7 Å². The van der Waals surface area contributed by atoms with Crippen LogP contribution in [-0.4, -0.2) is 18.2 Å².